The second-order valence-corrected chi connectivity index (χ2v) is 4.35. The zero-order valence-electron chi connectivity index (χ0n) is 7.96. The lowest BCUT2D eigenvalue weighted by Crippen LogP contribution is -2.36. The van der Waals surface area contributed by atoms with E-state index in [9.17, 15) is 8.78 Å². The number of benzene rings is 1. The lowest BCUT2D eigenvalue weighted by Gasteiger charge is -2.22. The van der Waals surface area contributed by atoms with Crippen LogP contribution in [-0.2, 0) is 0 Å². The van der Waals surface area contributed by atoms with Crippen LogP contribution in [0.2, 0.25) is 5.02 Å². The van der Waals surface area contributed by atoms with E-state index in [-0.39, 0.29) is 18.0 Å². The quantitative estimate of drug-likeness (QED) is 0.890. The summed E-state index contributed by atoms with van der Waals surface area (Å²) in [6.45, 7) is -1.30. The molecule has 0 saturated carbocycles. The lowest BCUT2D eigenvalue weighted by molar-refractivity contribution is -0.0713. The Balaban J connectivity index is 0.00000225. The van der Waals surface area contributed by atoms with Crippen LogP contribution in [0.1, 0.15) is 11.6 Å². The van der Waals surface area contributed by atoms with E-state index in [0.717, 1.165) is 0 Å². The van der Waals surface area contributed by atoms with Gasteiger partial charge in [0.2, 0.25) is 0 Å². The van der Waals surface area contributed by atoms with Gasteiger partial charge < -0.3 is 10.8 Å². The molecule has 0 radical (unpaired) electrons. The van der Waals surface area contributed by atoms with E-state index in [0.29, 0.717) is 9.50 Å². The van der Waals surface area contributed by atoms with Gasteiger partial charge in [0.1, 0.15) is 6.61 Å². The number of halogens is 5. The van der Waals surface area contributed by atoms with Crippen LogP contribution in [0.15, 0.2) is 22.7 Å². The maximum absolute atomic E-state index is 13.1. The molecule has 0 aliphatic rings. The summed E-state index contributed by atoms with van der Waals surface area (Å²) >= 11 is 8.77. The molecule has 1 atom stereocenters. The molecule has 0 saturated heterocycles. The predicted octanol–water partition coefficient (Wildman–Crippen LogP) is 3.15. The Labute approximate surface area is 111 Å². The minimum Gasteiger partial charge on any atom is -0.390 e. The van der Waals surface area contributed by atoms with Crippen LogP contribution in [0.4, 0.5) is 8.78 Å². The number of nitrogens with two attached hydrogens (primary N) is 1. The first-order valence-corrected chi connectivity index (χ1v) is 5.25. The van der Waals surface area contributed by atoms with Crippen LogP contribution in [0, 0.1) is 0 Å². The average Bonchev–Trinajstić information content (AvgIpc) is 2.20. The Bertz CT molecular complexity index is 365. The maximum atomic E-state index is 13.1. The van der Waals surface area contributed by atoms with Crippen LogP contribution in [-0.4, -0.2) is 17.6 Å². The molecule has 2 nitrogen and oxygen atoms in total. The zero-order chi connectivity index (χ0) is 11.6. The van der Waals surface area contributed by atoms with Gasteiger partial charge in [-0.3, -0.25) is 0 Å². The standard InChI is InChI=1S/C9H9BrClF2NO.ClH/c10-7-2-1-5(11)3-6(7)8(14)9(12,13)4-15;/h1-3,8,15H,4,14H2;1H/t8-;/m1./s1. The van der Waals surface area contributed by atoms with Gasteiger partial charge >= 0.3 is 0 Å². The summed E-state index contributed by atoms with van der Waals surface area (Å²) in [6, 6.07) is 2.85. The number of hydrogen-bond donors (Lipinski definition) is 2. The van der Waals surface area contributed by atoms with Crippen molar-refractivity contribution in [2.75, 3.05) is 6.61 Å². The van der Waals surface area contributed by atoms with Crippen LogP contribution in [0.5, 0.6) is 0 Å². The molecule has 7 heteroatoms. The molecular weight excluding hydrogens is 327 g/mol. The lowest BCUT2D eigenvalue weighted by atomic mass is 10.0. The Morgan fingerprint density at radius 2 is 2.06 bits per heavy atom. The second-order valence-electron chi connectivity index (χ2n) is 3.06. The van der Waals surface area contributed by atoms with E-state index in [1.807, 2.05) is 0 Å². The Morgan fingerprint density at radius 1 is 1.50 bits per heavy atom. The van der Waals surface area contributed by atoms with Crippen LogP contribution in [0.3, 0.4) is 0 Å². The van der Waals surface area contributed by atoms with Gasteiger partial charge in [-0.1, -0.05) is 27.5 Å². The summed E-state index contributed by atoms with van der Waals surface area (Å²) in [5, 5.41) is 8.82. The maximum Gasteiger partial charge on any atom is 0.289 e. The number of aliphatic hydroxyl groups is 1. The Kier molecular flexibility index (Phi) is 6.14. The molecule has 0 spiro atoms. The summed E-state index contributed by atoms with van der Waals surface area (Å²) in [4.78, 5) is 0. The highest BCUT2D eigenvalue weighted by atomic mass is 79.9. The van der Waals surface area contributed by atoms with Crippen LogP contribution < -0.4 is 5.73 Å². The van der Waals surface area contributed by atoms with Crippen molar-refractivity contribution in [1.82, 2.24) is 0 Å². The van der Waals surface area contributed by atoms with Crippen molar-refractivity contribution in [2.24, 2.45) is 5.73 Å². The molecule has 0 bridgehead atoms. The van der Waals surface area contributed by atoms with Crippen LogP contribution in [0.25, 0.3) is 0 Å². The smallest absolute Gasteiger partial charge is 0.289 e. The molecule has 3 N–H and O–H groups in total. The van der Waals surface area contributed by atoms with Crippen molar-refractivity contribution in [3.05, 3.63) is 33.3 Å². The largest absolute Gasteiger partial charge is 0.390 e. The molecule has 92 valence electrons. The highest BCUT2D eigenvalue weighted by Gasteiger charge is 2.38. The van der Waals surface area contributed by atoms with E-state index in [2.05, 4.69) is 15.9 Å². The van der Waals surface area contributed by atoms with Gasteiger partial charge in [-0.05, 0) is 23.8 Å². The van der Waals surface area contributed by atoms with Gasteiger partial charge in [0.15, 0.2) is 0 Å². The highest BCUT2D eigenvalue weighted by molar-refractivity contribution is 9.10. The first kappa shape index (κ1) is 16.1. The number of aliphatic hydroxyl groups excluding tert-OH is 1. The summed E-state index contributed by atoms with van der Waals surface area (Å²) in [6.07, 6.45) is 0. The van der Waals surface area contributed by atoms with Crippen molar-refractivity contribution in [2.45, 2.75) is 12.0 Å². The molecule has 0 unspecified atom stereocenters. The first-order chi connectivity index (χ1) is 6.88. The average molecular weight is 337 g/mol. The first-order valence-electron chi connectivity index (χ1n) is 4.07. The summed E-state index contributed by atoms with van der Waals surface area (Å²) in [5.74, 6) is -3.37. The Morgan fingerprint density at radius 3 is 2.56 bits per heavy atom. The highest BCUT2D eigenvalue weighted by Crippen LogP contribution is 2.34. The van der Waals surface area contributed by atoms with Crippen molar-refractivity contribution >= 4 is 39.9 Å². The third-order valence-corrected chi connectivity index (χ3v) is 2.92. The minimum atomic E-state index is -3.37. The topological polar surface area (TPSA) is 46.2 Å². The number of alkyl halides is 2. The van der Waals surface area contributed by atoms with Gasteiger partial charge in [-0.2, -0.15) is 0 Å². The third kappa shape index (κ3) is 3.53. The molecular formula is C9H10BrCl2F2NO. The second kappa shape index (κ2) is 6.12. The molecule has 0 aliphatic carbocycles. The third-order valence-electron chi connectivity index (χ3n) is 1.96. The molecule has 0 heterocycles. The van der Waals surface area contributed by atoms with E-state index in [1.54, 1.807) is 6.07 Å². The zero-order valence-corrected chi connectivity index (χ0v) is 11.1. The van der Waals surface area contributed by atoms with Crippen molar-refractivity contribution in [3.63, 3.8) is 0 Å². The minimum absolute atomic E-state index is 0. The van der Waals surface area contributed by atoms with Crippen molar-refractivity contribution in [1.29, 1.82) is 0 Å². The summed E-state index contributed by atoms with van der Waals surface area (Å²) < 4.78 is 26.6. The van der Waals surface area contributed by atoms with Crippen molar-refractivity contribution in [3.8, 4) is 0 Å². The van der Waals surface area contributed by atoms with Crippen molar-refractivity contribution < 1.29 is 13.9 Å². The fourth-order valence-corrected chi connectivity index (χ4v) is 1.75. The van der Waals surface area contributed by atoms with Gasteiger partial charge in [0.25, 0.3) is 5.92 Å². The molecule has 0 amide bonds. The predicted molar refractivity (Wildman–Crippen MR) is 65.4 cm³/mol. The molecule has 1 aromatic rings. The van der Waals surface area contributed by atoms with E-state index in [4.69, 9.17) is 22.4 Å². The van der Waals surface area contributed by atoms with E-state index in [1.165, 1.54) is 12.1 Å². The van der Waals surface area contributed by atoms with Gasteiger partial charge in [0.05, 0.1) is 6.04 Å². The summed E-state index contributed by atoms with van der Waals surface area (Å²) in [7, 11) is 0. The summed E-state index contributed by atoms with van der Waals surface area (Å²) in [5.41, 5.74) is 5.52. The molecule has 1 rings (SSSR count). The van der Waals surface area contributed by atoms with Gasteiger partial charge in [-0.15, -0.1) is 12.4 Å². The fourth-order valence-electron chi connectivity index (χ4n) is 1.08. The van der Waals surface area contributed by atoms with Gasteiger partial charge in [0, 0.05) is 9.50 Å². The van der Waals surface area contributed by atoms with Gasteiger partial charge in [-0.25, -0.2) is 8.78 Å². The normalized spacial score (nSPS) is 13.1. The monoisotopic (exact) mass is 335 g/mol. The molecule has 1 aromatic carbocycles. The molecule has 0 aromatic heterocycles. The number of rotatable bonds is 3. The van der Waals surface area contributed by atoms with Crippen LogP contribution >= 0.6 is 39.9 Å². The number of hydrogen-bond acceptors (Lipinski definition) is 2. The molecule has 0 fully saturated rings. The SMILES string of the molecule is Cl.N[C@H](c1cc(Cl)ccc1Br)C(F)(F)CO. The fraction of sp³-hybridized carbons (Fsp3) is 0.333. The molecule has 0 aliphatic heterocycles. The molecule has 16 heavy (non-hydrogen) atoms. The van der Waals surface area contributed by atoms with E-state index >= 15 is 0 Å². The Hall–Kier alpha value is 0.0600. The van der Waals surface area contributed by atoms with E-state index < -0.39 is 18.6 Å².